The molecule has 1 aliphatic heterocycles. The highest BCUT2D eigenvalue weighted by Crippen LogP contribution is 2.20. The fraction of sp³-hybridized carbons (Fsp3) is 0.550. The van der Waals surface area contributed by atoms with Crippen LogP contribution in [0.15, 0.2) is 33.8 Å². The van der Waals surface area contributed by atoms with Gasteiger partial charge in [-0.05, 0) is 18.6 Å². The van der Waals surface area contributed by atoms with E-state index in [1.54, 1.807) is 14.2 Å². The minimum atomic E-state index is 0.515. The van der Waals surface area contributed by atoms with Crippen molar-refractivity contribution in [3.05, 3.63) is 35.2 Å². The van der Waals surface area contributed by atoms with Crippen LogP contribution < -0.4 is 5.32 Å². The minimum absolute atomic E-state index is 0.515. The number of ether oxygens (including phenoxy) is 2. The minimum Gasteiger partial charge on any atom is -0.382 e. The van der Waals surface area contributed by atoms with Crippen LogP contribution in [0.2, 0.25) is 5.02 Å². The van der Waals surface area contributed by atoms with Crippen molar-refractivity contribution in [1.29, 1.82) is 0 Å². The predicted molar refractivity (Wildman–Crippen MR) is 112 cm³/mol. The monoisotopic (exact) mass is 421 g/mol. The summed E-state index contributed by atoms with van der Waals surface area (Å²) in [5.74, 6) is 2.53. The molecule has 1 atom stereocenters. The van der Waals surface area contributed by atoms with E-state index in [0.29, 0.717) is 48.8 Å². The zero-order valence-electron chi connectivity index (χ0n) is 16.9. The Morgan fingerprint density at radius 3 is 3.10 bits per heavy atom. The average molecular weight is 422 g/mol. The first-order valence-corrected chi connectivity index (χ1v) is 10.2. The second-order valence-electron chi connectivity index (χ2n) is 6.91. The SMILES string of the molecule is CN=C(NCCc1nc(-c2cccc(Cl)c2)no1)N1CCC(COCCOC)C1. The van der Waals surface area contributed by atoms with Gasteiger partial charge in [0.25, 0.3) is 0 Å². The van der Waals surface area contributed by atoms with Crippen LogP contribution in [0, 0.1) is 5.92 Å². The number of likely N-dealkylation sites (tertiary alicyclic amines) is 1. The van der Waals surface area contributed by atoms with Gasteiger partial charge < -0.3 is 24.2 Å². The van der Waals surface area contributed by atoms with Crippen LogP contribution in [-0.4, -0.2) is 74.6 Å². The number of hydrogen-bond acceptors (Lipinski definition) is 6. The van der Waals surface area contributed by atoms with E-state index in [2.05, 4.69) is 25.3 Å². The van der Waals surface area contributed by atoms with Crippen molar-refractivity contribution in [3.63, 3.8) is 0 Å². The quantitative estimate of drug-likeness (QED) is 0.378. The van der Waals surface area contributed by atoms with Crippen LogP contribution in [0.1, 0.15) is 12.3 Å². The number of nitrogens with zero attached hydrogens (tertiary/aromatic N) is 4. The van der Waals surface area contributed by atoms with Crippen LogP contribution in [0.5, 0.6) is 0 Å². The molecule has 0 bridgehead atoms. The van der Waals surface area contributed by atoms with Crippen molar-refractivity contribution in [2.45, 2.75) is 12.8 Å². The summed E-state index contributed by atoms with van der Waals surface area (Å²) in [5, 5.41) is 8.07. The zero-order valence-corrected chi connectivity index (χ0v) is 17.7. The van der Waals surface area contributed by atoms with E-state index in [1.807, 2.05) is 24.3 Å². The van der Waals surface area contributed by atoms with E-state index in [0.717, 1.165) is 37.6 Å². The summed E-state index contributed by atoms with van der Waals surface area (Å²) >= 11 is 6.02. The molecule has 158 valence electrons. The highest BCUT2D eigenvalue weighted by Gasteiger charge is 2.25. The largest absolute Gasteiger partial charge is 0.382 e. The van der Waals surface area contributed by atoms with Crippen LogP contribution in [-0.2, 0) is 15.9 Å². The smallest absolute Gasteiger partial charge is 0.228 e. The summed E-state index contributed by atoms with van der Waals surface area (Å²) in [4.78, 5) is 11.1. The summed E-state index contributed by atoms with van der Waals surface area (Å²) in [6.45, 7) is 4.60. The Morgan fingerprint density at radius 1 is 1.41 bits per heavy atom. The van der Waals surface area contributed by atoms with E-state index in [-0.39, 0.29) is 0 Å². The number of benzene rings is 1. The summed E-state index contributed by atoms with van der Waals surface area (Å²) in [6, 6.07) is 7.41. The molecule has 3 rings (SSSR count). The topological polar surface area (TPSA) is 85.0 Å². The molecule has 1 aromatic carbocycles. The van der Waals surface area contributed by atoms with Gasteiger partial charge in [0.15, 0.2) is 5.96 Å². The first-order chi connectivity index (χ1) is 14.2. The summed E-state index contributed by atoms with van der Waals surface area (Å²) < 4.78 is 16.0. The Bertz CT molecular complexity index is 798. The van der Waals surface area contributed by atoms with Gasteiger partial charge >= 0.3 is 0 Å². The fourth-order valence-electron chi connectivity index (χ4n) is 3.27. The van der Waals surface area contributed by atoms with Gasteiger partial charge in [-0.25, -0.2) is 0 Å². The van der Waals surface area contributed by atoms with Crippen LogP contribution in [0.4, 0.5) is 0 Å². The molecule has 1 saturated heterocycles. The Kier molecular flexibility index (Phi) is 8.27. The Balaban J connectivity index is 1.43. The molecule has 29 heavy (non-hydrogen) atoms. The van der Waals surface area contributed by atoms with Crippen molar-refractivity contribution in [3.8, 4) is 11.4 Å². The molecule has 1 aromatic heterocycles. The van der Waals surface area contributed by atoms with Crippen molar-refractivity contribution in [2.75, 3.05) is 53.6 Å². The molecular formula is C20H28ClN5O3. The third-order valence-corrected chi connectivity index (χ3v) is 4.99. The Morgan fingerprint density at radius 2 is 2.31 bits per heavy atom. The molecule has 0 aliphatic carbocycles. The van der Waals surface area contributed by atoms with Gasteiger partial charge in [0.05, 0.1) is 19.8 Å². The number of aromatic nitrogens is 2. The molecule has 8 nitrogen and oxygen atoms in total. The molecule has 0 spiro atoms. The second-order valence-corrected chi connectivity index (χ2v) is 7.35. The number of halogens is 1. The zero-order chi connectivity index (χ0) is 20.5. The maximum Gasteiger partial charge on any atom is 0.228 e. The van der Waals surface area contributed by atoms with E-state index in [9.17, 15) is 0 Å². The third-order valence-electron chi connectivity index (χ3n) is 4.76. The van der Waals surface area contributed by atoms with Gasteiger partial charge in [-0.2, -0.15) is 4.98 Å². The molecule has 2 heterocycles. The summed E-state index contributed by atoms with van der Waals surface area (Å²) in [7, 11) is 3.48. The number of methoxy groups -OCH3 is 1. The lowest BCUT2D eigenvalue weighted by molar-refractivity contribution is 0.0536. The summed E-state index contributed by atoms with van der Waals surface area (Å²) in [5.41, 5.74) is 0.840. The van der Waals surface area contributed by atoms with Crippen molar-refractivity contribution < 1.29 is 14.0 Å². The molecular weight excluding hydrogens is 394 g/mol. The number of guanidine groups is 1. The first kappa shape index (κ1) is 21.5. The maximum atomic E-state index is 6.02. The van der Waals surface area contributed by atoms with E-state index >= 15 is 0 Å². The molecule has 0 saturated carbocycles. The molecule has 0 radical (unpaired) electrons. The van der Waals surface area contributed by atoms with Crippen molar-refractivity contribution >= 4 is 17.6 Å². The van der Waals surface area contributed by atoms with Gasteiger partial charge in [-0.3, -0.25) is 4.99 Å². The highest BCUT2D eigenvalue weighted by molar-refractivity contribution is 6.30. The van der Waals surface area contributed by atoms with Gasteiger partial charge in [-0.15, -0.1) is 0 Å². The average Bonchev–Trinajstić information content (AvgIpc) is 3.38. The van der Waals surface area contributed by atoms with Crippen LogP contribution in [0.25, 0.3) is 11.4 Å². The van der Waals surface area contributed by atoms with Gasteiger partial charge in [0.2, 0.25) is 11.7 Å². The molecule has 0 amide bonds. The normalized spacial score (nSPS) is 17.1. The molecule has 9 heteroatoms. The standard InChI is InChI=1S/C20H28ClN5O3/c1-22-20(26-9-7-15(13-26)14-28-11-10-27-2)23-8-6-18-24-19(25-29-18)16-4-3-5-17(21)12-16/h3-5,12,15H,6-11,13-14H2,1-2H3,(H,22,23). The Labute approximate surface area is 176 Å². The predicted octanol–water partition coefficient (Wildman–Crippen LogP) is 2.49. The molecule has 1 N–H and O–H groups in total. The number of nitrogens with one attached hydrogen (secondary N) is 1. The molecule has 1 fully saturated rings. The summed E-state index contributed by atoms with van der Waals surface area (Å²) in [6.07, 6.45) is 1.71. The second kappa shape index (κ2) is 11.1. The fourth-order valence-corrected chi connectivity index (χ4v) is 3.46. The first-order valence-electron chi connectivity index (χ1n) is 9.80. The van der Waals surface area contributed by atoms with Gasteiger partial charge in [0, 0.05) is 56.7 Å². The van der Waals surface area contributed by atoms with E-state index in [4.69, 9.17) is 25.6 Å². The van der Waals surface area contributed by atoms with Crippen LogP contribution >= 0.6 is 11.6 Å². The maximum absolute atomic E-state index is 6.02. The highest BCUT2D eigenvalue weighted by atomic mass is 35.5. The van der Waals surface area contributed by atoms with Crippen molar-refractivity contribution in [1.82, 2.24) is 20.4 Å². The molecule has 2 aromatic rings. The lowest BCUT2D eigenvalue weighted by atomic mass is 10.1. The number of aliphatic imine (C=N–C) groups is 1. The van der Waals surface area contributed by atoms with E-state index < -0.39 is 0 Å². The third kappa shape index (κ3) is 6.42. The van der Waals surface area contributed by atoms with Gasteiger partial charge in [-0.1, -0.05) is 28.9 Å². The number of rotatable bonds is 9. The lowest BCUT2D eigenvalue weighted by Crippen LogP contribution is -2.41. The molecule has 1 unspecified atom stereocenters. The Hall–Kier alpha value is -2.16. The number of hydrogen-bond donors (Lipinski definition) is 1. The van der Waals surface area contributed by atoms with E-state index in [1.165, 1.54) is 0 Å². The van der Waals surface area contributed by atoms with Crippen LogP contribution in [0.3, 0.4) is 0 Å². The van der Waals surface area contributed by atoms with Crippen molar-refractivity contribution in [2.24, 2.45) is 10.9 Å². The van der Waals surface area contributed by atoms with Gasteiger partial charge in [0.1, 0.15) is 0 Å². The lowest BCUT2D eigenvalue weighted by Gasteiger charge is -2.21. The molecule has 1 aliphatic rings.